The molecule has 1 N–H and O–H groups in total. The number of ether oxygens (including phenoxy) is 1. The van der Waals surface area contributed by atoms with E-state index < -0.39 is 5.97 Å². The first-order valence-electron chi connectivity index (χ1n) is 3.41. The molecule has 0 aliphatic rings. The van der Waals surface area contributed by atoms with Gasteiger partial charge in [-0.1, -0.05) is 0 Å². The number of aromatic nitrogens is 1. The Kier molecular flexibility index (Phi) is 5.90. The molecule has 0 spiro atoms. The molecule has 0 unspecified atom stereocenters. The van der Waals surface area contributed by atoms with Crippen molar-refractivity contribution in [2.75, 3.05) is 7.11 Å². The Bertz CT molecular complexity index is 273. The molecule has 1 heterocycles. The SMILES string of the molecule is COCc1ccc(C(=O)O)cn1.[NaH]. The predicted molar refractivity (Wildman–Crippen MR) is 49.1 cm³/mol. The van der Waals surface area contributed by atoms with E-state index in [1.807, 2.05) is 0 Å². The number of carbonyl (C=O) groups is 1. The van der Waals surface area contributed by atoms with Crippen molar-refractivity contribution in [3.63, 3.8) is 0 Å². The van der Waals surface area contributed by atoms with Gasteiger partial charge in [-0.15, -0.1) is 0 Å². The second-order valence-electron chi connectivity index (χ2n) is 2.28. The number of pyridine rings is 1. The van der Waals surface area contributed by atoms with Gasteiger partial charge in [0.25, 0.3) is 0 Å². The Balaban J connectivity index is 0.00000144. The molecule has 1 aromatic heterocycles. The van der Waals surface area contributed by atoms with Gasteiger partial charge in [0.2, 0.25) is 0 Å². The molecule has 0 aromatic carbocycles. The number of rotatable bonds is 3. The quantitative estimate of drug-likeness (QED) is 0.697. The third-order valence-corrected chi connectivity index (χ3v) is 1.36. The number of carboxylic acid groups (broad SMARTS) is 1. The number of aromatic carboxylic acids is 1. The summed E-state index contributed by atoms with van der Waals surface area (Å²) in [5.41, 5.74) is 0.914. The van der Waals surface area contributed by atoms with E-state index in [-0.39, 0.29) is 35.1 Å². The van der Waals surface area contributed by atoms with Crippen LogP contribution >= 0.6 is 0 Å². The fourth-order valence-electron chi connectivity index (χ4n) is 0.784. The summed E-state index contributed by atoms with van der Waals surface area (Å²) >= 11 is 0. The van der Waals surface area contributed by atoms with Gasteiger partial charge in [-0.05, 0) is 12.1 Å². The summed E-state index contributed by atoms with van der Waals surface area (Å²) in [6, 6.07) is 3.14. The first-order valence-corrected chi connectivity index (χ1v) is 3.41. The van der Waals surface area contributed by atoms with Crippen LogP contribution in [0.1, 0.15) is 16.1 Å². The van der Waals surface area contributed by atoms with Crippen LogP contribution in [0.25, 0.3) is 0 Å². The number of hydrogen-bond acceptors (Lipinski definition) is 3. The van der Waals surface area contributed by atoms with E-state index >= 15 is 0 Å². The van der Waals surface area contributed by atoms with Crippen LogP contribution < -0.4 is 0 Å². The van der Waals surface area contributed by atoms with Crippen LogP contribution in [0.15, 0.2) is 18.3 Å². The fraction of sp³-hybridized carbons (Fsp3) is 0.250. The van der Waals surface area contributed by atoms with Crippen molar-refractivity contribution in [1.82, 2.24) is 4.98 Å². The van der Waals surface area contributed by atoms with Crippen molar-refractivity contribution in [2.24, 2.45) is 0 Å². The van der Waals surface area contributed by atoms with Gasteiger partial charge in [0, 0.05) is 13.3 Å². The van der Waals surface area contributed by atoms with Gasteiger partial charge >= 0.3 is 35.5 Å². The second-order valence-corrected chi connectivity index (χ2v) is 2.28. The molecule has 0 saturated heterocycles. The number of nitrogens with zero attached hydrogens (tertiary/aromatic N) is 1. The molecule has 0 radical (unpaired) electrons. The minimum absolute atomic E-state index is 0. The van der Waals surface area contributed by atoms with E-state index in [4.69, 9.17) is 9.84 Å². The first kappa shape index (κ1) is 12.6. The van der Waals surface area contributed by atoms with Crippen LogP contribution in [0.5, 0.6) is 0 Å². The monoisotopic (exact) mass is 191 g/mol. The van der Waals surface area contributed by atoms with Gasteiger partial charge in [0.15, 0.2) is 0 Å². The van der Waals surface area contributed by atoms with Gasteiger partial charge in [0.1, 0.15) is 0 Å². The van der Waals surface area contributed by atoms with Crippen LogP contribution in [0.2, 0.25) is 0 Å². The molecule has 4 nitrogen and oxygen atoms in total. The molecule has 0 bridgehead atoms. The van der Waals surface area contributed by atoms with E-state index in [0.717, 1.165) is 5.69 Å². The number of carboxylic acids is 1. The van der Waals surface area contributed by atoms with Gasteiger partial charge < -0.3 is 9.84 Å². The van der Waals surface area contributed by atoms with Gasteiger partial charge in [-0.3, -0.25) is 4.98 Å². The topological polar surface area (TPSA) is 59.4 Å². The summed E-state index contributed by atoms with van der Waals surface area (Å²) in [7, 11) is 1.56. The van der Waals surface area contributed by atoms with Crippen LogP contribution in [0.3, 0.4) is 0 Å². The zero-order valence-electron chi connectivity index (χ0n) is 6.65. The molecule has 0 amide bonds. The summed E-state index contributed by atoms with van der Waals surface area (Å²) in [5.74, 6) is -0.966. The molecule has 0 atom stereocenters. The summed E-state index contributed by atoms with van der Waals surface area (Å²) in [4.78, 5) is 14.3. The van der Waals surface area contributed by atoms with E-state index in [2.05, 4.69) is 4.98 Å². The zero-order valence-corrected chi connectivity index (χ0v) is 6.65. The Hall–Kier alpha value is -0.420. The van der Waals surface area contributed by atoms with Crippen molar-refractivity contribution in [3.8, 4) is 0 Å². The molecular formula is C8H10NNaO3. The summed E-state index contributed by atoms with van der Waals surface area (Å²) in [6.45, 7) is 0.403. The van der Waals surface area contributed by atoms with Gasteiger partial charge in [-0.25, -0.2) is 4.79 Å². The fourth-order valence-corrected chi connectivity index (χ4v) is 0.784. The van der Waals surface area contributed by atoms with Crippen molar-refractivity contribution < 1.29 is 14.6 Å². The Morgan fingerprint density at radius 2 is 2.31 bits per heavy atom. The van der Waals surface area contributed by atoms with Crippen molar-refractivity contribution in [2.45, 2.75) is 6.61 Å². The molecular weight excluding hydrogens is 181 g/mol. The van der Waals surface area contributed by atoms with E-state index in [9.17, 15) is 4.79 Å². The molecule has 0 aliphatic heterocycles. The van der Waals surface area contributed by atoms with Crippen molar-refractivity contribution in [1.29, 1.82) is 0 Å². The van der Waals surface area contributed by atoms with Gasteiger partial charge in [-0.2, -0.15) is 0 Å². The average molecular weight is 191 g/mol. The van der Waals surface area contributed by atoms with Crippen LogP contribution in [-0.2, 0) is 11.3 Å². The predicted octanol–water partition coefficient (Wildman–Crippen LogP) is 0.278. The van der Waals surface area contributed by atoms with Gasteiger partial charge in [0.05, 0.1) is 17.9 Å². The van der Waals surface area contributed by atoms with E-state index in [1.54, 1.807) is 13.2 Å². The van der Waals surface area contributed by atoms with Crippen molar-refractivity contribution >= 4 is 35.5 Å². The molecule has 0 fully saturated rings. The van der Waals surface area contributed by atoms with Crippen LogP contribution in [-0.4, -0.2) is 52.7 Å². The summed E-state index contributed by atoms with van der Waals surface area (Å²) < 4.78 is 4.82. The molecule has 0 saturated carbocycles. The molecule has 0 aliphatic carbocycles. The standard InChI is InChI=1S/C8H9NO3.Na.H/c1-12-5-7-3-2-6(4-9-7)8(10)11;;/h2-4H,5H2,1H3,(H,10,11);;. The van der Waals surface area contributed by atoms with E-state index in [1.165, 1.54) is 12.3 Å². The molecule has 5 heteroatoms. The average Bonchev–Trinajstić information content (AvgIpc) is 2.06. The first-order chi connectivity index (χ1) is 5.74. The summed E-state index contributed by atoms with van der Waals surface area (Å²) in [5, 5.41) is 8.53. The molecule has 66 valence electrons. The van der Waals surface area contributed by atoms with Crippen LogP contribution in [0.4, 0.5) is 0 Å². The normalized spacial score (nSPS) is 9.00. The Morgan fingerprint density at radius 1 is 1.62 bits per heavy atom. The Morgan fingerprint density at radius 3 is 2.69 bits per heavy atom. The third kappa shape index (κ3) is 3.87. The van der Waals surface area contributed by atoms with Crippen LogP contribution in [0, 0.1) is 0 Å². The van der Waals surface area contributed by atoms with Crippen molar-refractivity contribution in [3.05, 3.63) is 29.6 Å². The summed E-state index contributed by atoms with van der Waals surface area (Å²) in [6.07, 6.45) is 1.32. The molecule has 1 aromatic rings. The maximum absolute atomic E-state index is 10.4. The third-order valence-electron chi connectivity index (χ3n) is 1.36. The molecule has 13 heavy (non-hydrogen) atoms. The number of methoxy groups -OCH3 is 1. The number of hydrogen-bond donors (Lipinski definition) is 1. The Labute approximate surface area is 98.2 Å². The maximum atomic E-state index is 10.4. The zero-order chi connectivity index (χ0) is 8.97. The van der Waals surface area contributed by atoms with E-state index in [0.29, 0.717) is 6.61 Å². The minimum atomic E-state index is -0.966. The second kappa shape index (κ2) is 6.10. The molecule has 1 rings (SSSR count).